The molecule has 5 heteroatoms. The molecule has 0 aliphatic carbocycles. The van der Waals surface area contributed by atoms with Crippen LogP contribution in [-0.2, 0) is 4.79 Å². The van der Waals surface area contributed by atoms with Gasteiger partial charge < -0.3 is 19.5 Å². The second kappa shape index (κ2) is 9.84. The van der Waals surface area contributed by atoms with Crippen LogP contribution in [0.1, 0.15) is 26.3 Å². The van der Waals surface area contributed by atoms with Gasteiger partial charge in [0.05, 0.1) is 6.61 Å². The summed E-state index contributed by atoms with van der Waals surface area (Å²) in [5.41, 5.74) is 0.766. The normalized spacial score (nSPS) is 11.1. The van der Waals surface area contributed by atoms with Crippen LogP contribution in [0.2, 0.25) is 0 Å². The average molecular weight is 307 g/mol. The molecule has 0 fully saturated rings. The Morgan fingerprint density at radius 3 is 2.50 bits per heavy atom. The summed E-state index contributed by atoms with van der Waals surface area (Å²) in [6.45, 7) is 10.1. The number of rotatable bonds is 10. The zero-order chi connectivity index (χ0) is 16.4. The fourth-order valence-corrected chi connectivity index (χ4v) is 2.01. The number of benzene rings is 1. The van der Waals surface area contributed by atoms with E-state index in [-0.39, 0.29) is 0 Å². The predicted octanol–water partition coefficient (Wildman–Crippen LogP) is 2.90. The lowest BCUT2D eigenvalue weighted by atomic mass is 10.2. The zero-order valence-electron chi connectivity index (χ0n) is 13.5. The minimum atomic E-state index is -0.975. The van der Waals surface area contributed by atoms with Gasteiger partial charge in [-0.1, -0.05) is 19.9 Å². The number of aliphatic carboxylic acids is 1. The first-order chi connectivity index (χ1) is 10.6. The Bertz CT molecular complexity index is 495. The Kier molecular flexibility index (Phi) is 8.07. The smallest absolute Gasteiger partial charge is 0.328 e. The van der Waals surface area contributed by atoms with E-state index in [2.05, 4.69) is 18.7 Å². The molecule has 1 aromatic carbocycles. The Morgan fingerprint density at radius 2 is 1.91 bits per heavy atom. The molecule has 0 amide bonds. The number of likely N-dealkylation sites (N-methyl/N-ethyl adjacent to an activating group) is 1. The molecule has 0 aliphatic heterocycles. The third-order valence-electron chi connectivity index (χ3n) is 3.25. The second-order valence-electron chi connectivity index (χ2n) is 4.69. The van der Waals surface area contributed by atoms with Crippen molar-refractivity contribution in [2.75, 3.05) is 32.8 Å². The third kappa shape index (κ3) is 6.18. The van der Waals surface area contributed by atoms with Crippen molar-refractivity contribution in [3.05, 3.63) is 29.8 Å². The van der Waals surface area contributed by atoms with Gasteiger partial charge in [-0.15, -0.1) is 0 Å². The lowest BCUT2D eigenvalue weighted by molar-refractivity contribution is -0.131. The van der Waals surface area contributed by atoms with E-state index in [1.54, 1.807) is 6.07 Å². The van der Waals surface area contributed by atoms with E-state index in [1.165, 1.54) is 6.08 Å². The maximum Gasteiger partial charge on any atom is 0.328 e. The lowest BCUT2D eigenvalue weighted by Gasteiger charge is -2.19. The van der Waals surface area contributed by atoms with Gasteiger partial charge in [0.15, 0.2) is 11.5 Å². The molecule has 0 unspecified atom stereocenters. The van der Waals surface area contributed by atoms with Gasteiger partial charge in [-0.25, -0.2) is 4.79 Å². The van der Waals surface area contributed by atoms with E-state index in [9.17, 15) is 4.79 Å². The maximum atomic E-state index is 10.6. The van der Waals surface area contributed by atoms with Gasteiger partial charge >= 0.3 is 5.97 Å². The second-order valence-corrected chi connectivity index (χ2v) is 4.69. The molecule has 0 saturated heterocycles. The summed E-state index contributed by atoms with van der Waals surface area (Å²) in [7, 11) is 0. The van der Waals surface area contributed by atoms with E-state index in [4.69, 9.17) is 14.6 Å². The highest BCUT2D eigenvalue weighted by Gasteiger charge is 2.07. The van der Waals surface area contributed by atoms with Crippen LogP contribution in [0.15, 0.2) is 24.3 Å². The van der Waals surface area contributed by atoms with Gasteiger partial charge in [0.1, 0.15) is 6.61 Å². The Balaban J connectivity index is 2.74. The molecular weight excluding hydrogens is 282 g/mol. The topological polar surface area (TPSA) is 59.0 Å². The van der Waals surface area contributed by atoms with Crippen LogP contribution in [0.5, 0.6) is 11.5 Å². The molecule has 0 atom stereocenters. The fraction of sp³-hybridized carbons (Fsp3) is 0.471. The van der Waals surface area contributed by atoms with Crippen LogP contribution in [-0.4, -0.2) is 48.8 Å². The van der Waals surface area contributed by atoms with Gasteiger partial charge in [-0.3, -0.25) is 0 Å². The van der Waals surface area contributed by atoms with Gasteiger partial charge in [-0.05, 0) is 43.8 Å². The summed E-state index contributed by atoms with van der Waals surface area (Å²) in [6.07, 6.45) is 2.64. The van der Waals surface area contributed by atoms with Crippen LogP contribution in [0.3, 0.4) is 0 Å². The number of nitrogens with zero attached hydrogens (tertiary/aromatic N) is 1. The Labute approximate surface area is 132 Å². The number of carbonyl (C=O) groups is 1. The molecule has 122 valence electrons. The molecule has 0 spiro atoms. The van der Waals surface area contributed by atoms with Crippen molar-refractivity contribution >= 4 is 12.0 Å². The number of ether oxygens (including phenoxy) is 2. The molecule has 1 N–H and O–H groups in total. The van der Waals surface area contributed by atoms with Crippen molar-refractivity contribution in [2.24, 2.45) is 0 Å². The molecular formula is C17H25NO4. The van der Waals surface area contributed by atoms with Crippen LogP contribution < -0.4 is 9.47 Å². The van der Waals surface area contributed by atoms with Crippen molar-refractivity contribution in [3.8, 4) is 11.5 Å². The van der Waals surface area contributed by atoms with Crippen molar-refractivity contribution in [1.29, 1.82) is 0 Å². The predicted molar refractivity (Wildman–Crippen MR) is 87.6 cm³/mol. The molecule has 0 radical (unpaired) electrons. The molecule has 22 heavy (non-hydrogen) atoms. The summed E-state index contributed by atoms with van der Waals surface area (Å²) in [6, 6.07) is 5.42. The quantitative estimate of drug-likeness (QED) is 0.674. The molecule has 0 bridgehead atoms. The first-order valence-electron chi connectivity index (χ1n) is 7.63. The van der Waals surface area contributed by atoms with E-state index < -0.39 is 5.97 Å². The number of hydrogen-bond donors (Lipinski definition) is 1. The SMILES string of the molecule is CCOc1cc(C=CC(=O)O)ccc1OCCN(CC)CC. The standard InChI is InChI=1S/C17H25NO4/c1-4-18(5-2)11-12-22-15-9-7-14(8-10-17(19)20)13-16(15)21-6-3/h7-10,13H,4-6,11-12H2,1-3H3,(H,19,20). The molecule has 0 aliphatic rings. The van der Waals surface area contributed by atoms with E-state index in [1.807, 2.05) is 19.1 Å². The third-order valence-corrected chi connectivity index (χ3v) is 3.25. The minimum Gasteiger partial charge on any atom is -0.490 e. The van der Waals surface area contributed by atoms with Crippen molar-refractivity contribution in [1.82, 2.24) is 4.90 Å². The number of hydrogen-bond acceptors (Lipinski definition) is 4. The molecule has 0 aromatic heterocycles. The molecule has 5 nitrogen and oxygen atoms in total. The van der Waals surface area contributed by atoms with Crippen molar-refractivity contribution in [2.45, 2.75) is 20.8 Å². The highest BCUT2D eigenvalue weighted by atomic mass is 16.5. The average Bonchev–Trinajstić information content (AvgIpc) is 2.51. The summed E-state index contributed by atoms with van der Waals surface area (Å²) < 4.78 is 11.4. The Hall–Kier alpha value is -2.01. The maximum absolute atomic E-state index is 10.6. The molecule has 0 heterocycles. The first kappa shape index (κ1) is 18.0. The largest absolute Gasteiger partial charge is 0.490 e. The molecule has 1 aromatic rings. The number of carboxylic acids is 1. The van der Waals surface area contributed by atoms with Crippen LogP contribution in [0.25, 0.3) is 6.08 Å². The monoisotopic (exact) mass is 307 g/mol. The first-order valence-corrected chi connectivity index (χ1v) is 7.63. The van der Waals surface area contributed by atoms with E-state index in [0.29, 0.717) is 24.7 Å². The van der Waals surface area contributed by atoms with Gasteiger partial charge in [0.2, 0.25) is 0 Å². The number of carboxylic acid groups (broad SMARTS) is 1. The fourth-order valence-electron chi connectivity index (χ4n) is 2.01. The summed E-state index contributed by atoms with van der Waals surface area (Å²) in [5.74, 6) is 0.341. The van der Waals surface area contributed by atoms with Crippen LogP contribution >= 0.6 is 0 Å². The summed E-state index contributed by atoms with van der Waals surface area (Å²) >= 11 is 0. The highest BCUT2D eigenvalue weighted by Crippen LogP contribution is 2.29. The highest BCUT2D eigenvalue weighted by molar-refractivity contribution is 5.85. The van der Waals surface area contributed by atoms with Crippen LogP contribution in [0, 0.1) is 0 Å². The molecule has 0 saturated carbocycles. The molecule has 1 rings (SSSR count). The van der Waals surface area contributed by atoms with Crippen LogP contribution in [0.4, 0.5) is 0 Å². The summed E-state index contributed by atoms with van der Waals surface area (Å²) in [5, 5.41) is 8.67. The van der Waals surface area contributed by atoms with Crippen molar-refractivity contribution < 1.29 is 19.4 Å². The van der Waals surface area contributed by atoms with Gasteiger partial charge in [-0.2, -0.15) is 0 Å². The Morgan fingerprint density at radius 1 is 1.18 bits per heavy atom. The van der Waals surface area contributed by atoms with Gasteiger partial charge in [0.25, 0.3) is 0 Å². The van der Waals surface area contributed by atoms with E-state index >= 15 is 0 Å². The lowest BCUT2D eigenvalue weighted by Crippen LogP contribution is -2.27. The van der Waals surface area contributed by atoms with Gasteiger partial charge in [0, 0.05) is 12.6 Å². The van der Waals surface area contributed by atoms with E-state index in [0.717, 1.165) is 31.3 Å². The minimum absolute atomic E-state index is 0.526. The summed E-state index contributed by atoms with van der Waals surface area (Å²) in [4.78, 5) is 12.8. The van der Waals surface area contributed by atoms with Crippen molar-refractivity contribution in [3.63, 3.8) is 0 Å². The zero-order valence-corrected chi connectivity index (χ0v) is 13.5.